The van der Waals surface area contributed by atoms with Crippen molar-refractivity contribution in [2.24, 2.45) is 0 Å². The third-order valence-electron chi connectivity index (χ3n) is 5.14. The van der Waals surface area contributed by atoms with Gasteiger partial charge in [0.2, 0.25) is 0 Å². The number of aromatic nitrogens is 2. The number of phenols is 1. The second-order valence-electron chi connectivity index (χ2n) is 6.57. The Morgan fingerprint density at radius 3 is 2.92 bits per heavy atom. The van der Waals surface area contributed by atoms with Crippen molar-refractivity contribution in [2.75, 3.05) is 6.54 Å². The van der Waals surface area contributed by atoms with Crippen molar-refractivity contribution in [3.8, 4) is 5.75 Å². The summed E-state index contributed by atoms with van der Waals surface area (Å²) in [4.78, 5) is 6.92. The van der Waals surface area contributed by atoms with E-state index in [-0.39, 0.29) is 6.04 Å². The predicted octanol–water partition coefficient (Wildman–Crippen LogP) is 3.78. The quantitative estimate of drug-likeness (QED) is 0.454. The molecular formula is C20H19N3O. The zero-order valence-electron chi connectivity index (χ0n) is 13.3. The highest BCUT2D eigenvalue weighted by Gasteiger charge is 2.24. The van der Waals surface area contributed by atoms with E-state index in [1.54, 1.807) is 6.07 Å². The maximum absolute atomic E-state index is 9.80. The molecule has 1 atom stereocenters. The topological polar surface area (TPSA) is 63.8 Å². The van der Waals surface area contributed by atoms with Gasteiger partial charge in [-0.15, -0.1) is 0 Å². The van der Waals surface area contributed by atoms with Gasteiger partial charge < -0.3 is 20.4 Å². The number of hydrogen-bond acceptors (Lipinski definition) is 2. The normalized spacial score (nSPS) is 17.4. The Morgan fingerprint density at radius 1 is 1.04 bits per heavy atom. The molecule has 1 aliphatic heterocycles. The second-order valence-corrected chi connectivity index (χ2v) is 6.57. The predicted molar refractivity (Wildman–Crippen MR) is 96.4 cm³/mol. The van der Waals surface area contributed by atoms with Crippen LogP contribution in [-0.4, -0.2) is 21.6 Å². The summed E-state index contributed by atoms with van der Waals surface area (Å²) in [6.45, 7) is 0.993. The smallest absolute Gasteiger partial charge is 0.116 e. The minimum Gasteiger partial charge on any atom is -0.508 e. The SMILES string of the molecule is Oc1ccc2[nH]cc(CC3NCCc4c3[nH]c3ccccc43)c2c1. The van der Waals surface area contributed by atoms with Gasteiger partial charge in [0, 0.05) is 33.7 Å². The molecule has 4 N–H and O–H groups in total. The molecule has 0 spiro atoms. The zero-order valence-corrected chi connectivity index (χ0v) is 13.3. The van der Waals surface area contributed by atoms with Crippen LogP contribution in [0.15, 0.2) is 48.7 Å². The number of benzene rings is 2. The van der Waals surface area contributed by atoms with Gasteiger partial charge in [-0.25, -0.2) is 0 Å². The summed E-state index contributed by atoms with van der Waals surface area (Å²) in [5.41, 5.74) is 6.25. The van der Waals surface area contributed by atoms with Crippen molar-refractivity contribution in [1.29, 1.82) is 0 Å². The van der Waals surface area contributed by atoms with Gasteiger partial charge in [-0.2, -0.15) is 0 Å². The van der Waals surface area contributed by atoms with E-state index >= 15 is 0 Å². The van der Waals surface area contributed by atoms with Crippen molar-refractivity contribution in [3.05, 3.63) is 65.5 Å². The molecule has 0 aliphatic carbocycles. The Morgan fingerprint density at radius 2 is 1.96 bits per heavy atom. The van der Waals surface area contributed by atoms with Crippen LogP contribution in [-0.2, 0) is 12.8 Å². The fourth-order valence-corrected chi connectivity index (χ4v) is 3.99. The van der Waals surface area contributed by atoms with E-state index in [2.05, 4.69) is 45.7 Å². The molecule has 0 bridgehead atoms. The maximum Gasteiger partial charge on any atom is 0.116 e. The minimum atomic E-state index is 0.266. The van der Waals surface area contributed by atoms with E-state index < -0.39 is 0 Å². The lowest BCUT2D eigenvalue weighted by Gasteiger charge is -2.24. The molecule has 3 heterocycles. The van der Waals surface area contributed by atoms with Crippen LogP contribution in [0.2, 0.25) is 0 Å². The Hall–Kier alpha value is -2.72. The first kappa shape index (κ1) is 13.7. The van der Waals surface area contributed by atoms with Gasteiger partial charge in [0.15, 0.2) is 0 Å². The second kappa shape index (κ2) is 5.14. The Bertz CT molecular complexity index is 1040. The largest absolute Gasteiger partial charge is 0.508 e. The molecule has 1 unspecified atom stereocenters. The lowest BCUT2D eigenvalue weighted by atomic mass is 9.94. The molecule has 4 nitrogen and oxygen atoms in total. The molecule has 0 amide bonds. The monoisotopic (exact) mass is 317 g/mol. The molecule has 0 saturated carbocycles. The van der Waals surface area contributed by atoms with E-state index in [0.717, 1.165) is 30.3 Å². The van der Waals surface area contributed by atoms with Crippen LogP contribution in [0.3, 0.4) is 0 Å². The Kier molecular flexibility index (Phi) is 2.94. The number of nitrogens with one attached hydrogen (secondary N) is 3. The zero-order chi connectivity index (χ0) is 16.1. The summed E-state index contributed by atoms with van der Waals surface area (Å²) in [5, 5.41) is 15.9. The highest BCUT2D eigenvalue weighted by atomic mass is 16.3. The number of aromatic amines is 2. The van der Waals surface area contributed by atoms with Crippen LogP contribution in [0, 0.1) is 0 Å². The number of phenolic OH excluding ortho intramolecular Hbond substituents is 1. The summed E-state index contributed by atoms with van der Waals surface area (Å²) < 4.78 is 0. The highest BCUT2D eigenvalue weighted by Crippen LogP contribution is 2.33. The molecule has 5 rings (SSSR count). The fourth-order valence-electron chi connectivity index (χ4n) is 3.99. The Labute approximate surface area is 139 Å². The number of rotatable bonds is 2. The highest BCUT2D eigenvalue weighted by molar-refractivity contribution is 5.86. The van der Waals surface area contributed by atoms with Crippen molar-refractivity contribution < 1.29 is 5.11 Å². The number of hydrogen-bond donors (Lipinski definition) is 4. The summed E-state index contributed by atoms with van der Waals surface area (Å²) in [5.74, 6) is 0.311. The lowest BCUT2D eigenvalue weighted by molar-refractivity contribution is 0.476. The van der Waals surface area contributed by atoms with Crippen LogP contribution in [0.4, 0.5) is 0 Å². The van der Waals surface area contributed by atoms with Crippen LogP contribution < -0.4 is 5.32 Å². The standard InChI is InChI=1S/C20H19N3O/c24-13-5-6-17-16(10-13)12(11-22-17)9-19-20-15(7-8-21-19)14-3-1-2-4-18(14)23-20/h1-6,10-11,19,21-24H,7-9H2. The number of aromatic hydroxyl groups is 1. The van der Waals surface area contributed by atoms with Crippen molar-refractivity contribution in [3.63, 3.8) is 0 Å². The molecule has 120 valence electrons. The third kappa shape index (κ3) is 2.03. The summed E-state index contributed by atoms with van der Waals surface area (Å²) in [7, 11) is 0. The minimum absolute atomic E-state index is 0.266. The van der Waals surface area contributed by atoms with Gasteiger partial charge in [0.05, 0.1) is 6.04 Å². The van der Waals surface area contributed by atoms with Crippen molar-refractivity contribution in [2.45, 2.75) is 18.9 Å². The van der Waals surface area contributed by atoms with E-state index in [1.165, 1.54) is 27.7 Å². The first-order chi connectivity index (χ1) is 11.8. The molecule has 0 saturated heterocycles. The van der Waals surface area contributed by atoms with Gasteiger partial charge in [0.25, 0.3) is 0 Å². The fraction of sp³-hybridized carbons (Fsp3) is 0.200. The summed E-state index contributed by atoms with van der Waals surface area (Å²) in [6, 6.07) is 14.3. The third-order valence-corrected chi connectivity index (χ3v) is 5.14. The molecular weight excluding hydrogens is 298 g/mol. The van der Waals surface area contributed by atoms with Gasteiger partial charge in [-0.1, -0.05) is 18.2 Å². The number of fused-ring (bicyclic) bond motifs is 4. The molecule has 2 aromatic carbocycles. The van der Waals surface area contributed by atoms with Crippen LogP contribution >= 0.6 is 0 Å². The van der Waals surface area contributed by atoms with E-state index in [9.17, 15) is 5.11 Å². The molecule has 0 fully saturated rings. The maximum atomic E-state index is 9.80. The van der Waals surface area contributed by atoms with Crippen LogP contribution in [0.25, 0.3) is 21.8 Å². The van der Waals surface area contributed by atoms with Crippen molar-refractivity contribution in [1.82, 2.24) is 15.3 Å². The van der Waals surface area contributed by atoms with E-state index in [0.29, 0.717) is 5.75 Å². The molecule has 4 aromatic rings. The van der Waals surface area contributed by atoms with Crippen molar-refractivity contribution >= 4 is 21.8 Å². The van der Waals surface area contributed by atoms with Gasteiger partial charge >= 0.3 is 0 Å². The molecule has 24 heavy (non-hydrogen) atoms. The molecule has 4 heteroatoms. The Balaban J connectivity index is 1.57. The van der Waals surface area contributed by atoms with Gasteiger partial charge in [-0.05, 0) is 54.8 Å². The summed E-state index contributed by atoms with van der Waals surface area (Å²) in [6.07, 6.45) is 4.01. The summed E-state index contributed by atoms with van der Waals surface area (Å²) >= 11 is 0. The van der Waals surface area contributed by atoms with E-state index in [1.807, 2.05) is 12.1 Å². The lowest BCUT2D eigenvalue weighted by Crippen LogP contribution is -2.31. The average Bonchev–Trinajstić information content (AvgIpc) is 3.17. The number of H-pyrrole nitrogens is 2. The van der Waals surface area contributed by atoms with Crippen LogP contribution in [0.1, 0.15) is 22.9 Å². The van der Waals surface area contributed by atoms with Crippen LogP contribution in [0.5, 0.6) is 5.75 Å². The van der Waals surface area contributed by atoms with Gasteiger partial charge in [0.1, 0.15) is 5.75 Å². The molecule has 2 aromatic heterocycles. The first-order valence-electron chi connectivity index (χ1n) is 8.41. The van der Waals surface area contributed by atoms with Gasteiger partial charge in [-0.3, -0.25) is 0 Å². The van der Waals surface area contributed by atoms with E-state index in [4.69, 9.17) is 0 Å². The molecule has 0 radical (unpaired) electrons. The first-order valence-corrected chi connectivity index (χ1v) is 8.41. The number of para-hydroxylation sites is 1. The molecule has 1 aliphatic rings. The average molecular weight is 317 g/mol.